The maximum absolute atomic E-state index is 12.0. The average Bonchev–Trinajstić information content (AvgIpc) is 3.98. The fraction of sp³-hybridized carbons (Fsp3) is 0.400. The molecule has 2 N–H and O–H groups in total. The van der Waals surface area contributed by atoms with Gasteiger partial charge in [-0.15, -0.1) is 0 Å². The Kier molecular flexibility index (Phi) is 12.1. The Morgan fingerprint density at radius 2 is 1.12 bits per heavy atom. The number of β-amino-alcohol motifs (C(OH)–C–C–N with tert-alkyl or cyclic N) is 2. The molecule has 0 unspecified atom stereocenters. The molecular weight excluding hydrogens is 921 g/mol. The van der Waals surface area contributed by atoms with Crippen molar-refractivity contribution in [3.8, 4) is 44.9 Å². The first-order valence-corrected chi connectivity index (χ1v) is 24.8. The van der Waals surface area contributed by atoms with Gasteiger partial charge in [-0.2, -0.15) is 10.2 Å². The van der Waals surface area contributed by atoms with Crippen LogP contribution in [0.25, 0.3) is 44.7 Å². The number of hydrogen-bond acceptors (Lipinski definition) is 12. The summed E-state index contributed by atoms with van der Waals surface area (Å²) in [5.41, 5.74) is 5.60. The minimum absolute atomic E-state index is 0. The molecule has 0 radical (unpaired) electrons. The van der Waals surface area contributed by atoms with Gasteiger partial charge in [0, 0.05) is 87.0 Å². The summed E-state index contributed by atoms with van der Waals surface area (Å²) in [7, 11) is -3.30. The summed E-state index contributed by atoms with van der Waals surface area (Å²) < 4.78 is 41.0. The average molecular weight is 978 g/mol. The highest BCUT2D eigenvalue weighted by Crippen LogP contribution is 2.44. The van der Waals surface area contributed by atoms with Crippen molar-refractivity contribution in [3.63, 3.8) is 0 Å². The van der Waals surface area contributed by atoms with Gasteiger partial charge in [0.2, 0.25) is 0 Å². The lowest BCUT2D eigenvalue weighted by Crippen LogP contribution is -2.38. The Morgan fingerprint density at radius 3 is 1.59 bits per heavy atom. The lowest BCUT2D eigenvalue weighted by Gasteiger charge is -2.25. The van der Waals surface area contributed by atoms with Crippen LogP contribution in [-0.2, 0) is 9.84 Å². The Labute approximate surface area is 394 Å². The van der Waals surface area contributed by atoms with Crippen LogP contribution in [0.1, 0.15) is 59.8 Å². The molecule has 2 saturated heterocycles. The van der Waals surface area contributed by atoms with E-state index in [1.54, 1.807) is 45.8 Å². The Hall–Kier alpha value is -5.23. The van der Waals surface area contributed by atoms with Crippen molar-refractivity contribution in [2.24, 2.45) is 0 Å². The molecule has 7 aromatic rings. The smallest absolute Gasteiger partial charge is 0.175 e. The standard InChI is InChI=1S/C28H30N4O4S.C21H23BrN4O2.CH4/c1-27(33)12-13-31(18-27)19-28(10-11-28)36-23-8-6-20(7-9-23)22-15-29-26-25(16-30-32(26)17-22)21-4-3-5-24(14-21)37(2,34)35;1-20(27)8-9-25(13-20)14-21(6-7-21)28-17-4-2-15(3-5-17)16-10-23-19-18(22)11-24-26(19)12-16;/h3-9,14-17,33H,10-13,18-19H2,1-2H3;2-5,10-12,27H,6-9,13-14H2,1H3;1H4/t27-;20-;/m11./s1. The van der Waals surface area contributed by atoms with Crippen molar-refractivity contribution in [2.75, 3.05) is 45.5 Å². The number of rotatable bonds is 12. The predicted molar refractivity (Wildman–Crippen MR) is 258 cm³/mol. The third kappa shape index (κ3) is 10.2. The molecule has 2 saturated carbocycles. The topological polar surface area (TPSA) is 160 Å². The zero-order chi connectivity index (χ0) is 45.2. The molecule has 11 rings (SSSR count). The largest absolute Gasteiger partial charge is 0.486 e. The van der Waals surface area contributed by atoms with Gasteiger partial charge in [-0.05, 0) is 121 Å². The van der Waals surface area contributed by atoms with E-state index in [2.05, 4.69) is 58.0 Å². The Morgan fingerprint density at radius 1 is 0.636 bits per heavy atom. The number of likely N-dealkylation sites (tertiary alicyclic amines) is 2. The third-order valence-corrected chi connectivity index (χ3v) is 14.7. The molecule has 4 fully saturated rings. The second kappa shape index (κ2) is 17.4. The van der Waals surface area contributed by atoms with Gasteiger partial charge in [0.1, 0.15) is 22.7 Å². The van der Waals surface area contributed by atoms with E-state index in [1.807, 2.05) is 74.9 Å². The molecule has 0 bridgehead atoms. The van der Waals surface area contributed by atoms with Crippen LogP contribution in [0.3, 0.4) is 0 Å². The van der Waals surface area contributed by atoms with Crippen molar-refractivity contribution in [1.82, 2.24) is 39.0 Å². The fourth-order valence-electron chi connectivity index (χ4n) is 9.07. The van der Waals surface area contributed by atoms with Gasteiger partial charge in [-0.25, -0.2) is 27.4 Å². The number of hydrogen-bond donors (Lipinski definition) is 2. The van der Waals surface area contributed by atoms with Crippen LogP contribution in [0, 0.1) is 0 Å². The van der Waals surface area contributed by atoms with Crippen molar-refractivity contribution < 1.29 is 28.1 Å². The zero-order valence-electron chi connectivity index (χ0n) is 36.8. The molecule has 14 nitrogen and oxygen atoms in total. The number of benzene rings is 3. The van der Waals surface area contributed by atoms with Crippen molar-refractivity contribution in [1.29, 1.82) is 0 Å². The Bertz CT molecular complexity index is 2980. The molecule has 2 aliphatic heterocycles. The predicted octanol–water partition coefficient (Wildman–Crippen LogP) is 8.00. The van der Waals surface area contributed by atoms with Crippen LogP contribution < -0.4 is 9.47 Å². The maximum atomic E-state index is 12.0. The van der Waals surface area contributed by atoms with E-state index in [0.29, 0.717) is 12.2 Å². The van der Waals surface area contributed by atoms with Gasteiger partial charge < -0.3 is 19.7 Å². The number of aliphatic hydroxyl groups is 2. The van der Waals surface area contributed by atoms with Crippen LogP contribution in [0.15, 0.2) is 119 Å². The number of nitrogens with zero attached hydrogens (tertiary/aromatic N) is 8. The van der Waals surface area contributed by atoms with Crippen LogP contribution in [0.2, 0.25) is 0 Å². The maximum Gasteiger partial charge on any atom is 0.175 e. The monoisotopic (exact) mass is 976 g/mol. The van der Waals surface area contributed by atoms with E-state index in [-0.39, 0.29) is 23.5 Å². The van der Waals surface area contributed by atoms with E-state index in [4.69, 9.17) is 9.47 Å². The molecule has 346 valence electrons. The summed E-state index contributed by atoms with van der Waals surface area (Å²) in [6, 6.07) is 23.0. The highest BCUT2D eigenvalue weighted by molar-refractivity contribution is 9.10. The van der Waals surface area contributed by atoms with Gasteiger partial charge in [0.25, 0.3) is 0 Å². The van der Waals surface area contributed by atoms with E-state index in [9.17, 15) is 18.6 Å². The van der Waals surface area contributed by atoms with Crippen molar-refractivity contribution in [3.05, 3.63) is 114 Å². The third-order valence-electron chi connectivity index (χ3n) is 13.0. The quantitative estimate of drug-likeness (QED) is 0.122. The van der Waals surface area contributed by atoms with E-state index in [1.165, 1.54) is 6.26 Å². The summed E-state index contributed by atoms with van der Waals surface area (Å²) in [6.45, 7) is 8.83. The number of fused-ring (bicyclic) bond motifs is 2. The van der Waals surface area contributed by atoms with E-state index >= 15 is 0 Å². The van der Waals surface area contributed by atoms with Crippen LogP contribution in [0.4, 0.5) is 0 Å². The zero-order valence-corrected chi connectivity index (χ0v) is 39.2. The molecule has 2 aliphatic carbocycles. The number of sulfone groups is 1. The molecule has 66 heavy (non-hydrogen) atoms. The first-order valence-electron chi connectivity index (χ1n) is 22.1. The number of aromatic nitrogens is 6. The molecule has 2 atom stereocenters. The highest BCUT2D eigenvalue weighted by Gasteiger charge is 2.49. The number of halogens is 1. The second-order valence-corrected chi connectivity index (χ2v) is 22.0. The summed E-state index contributed by atoms with van der Waals surface area (Å²) >= 11 is 3.45. The lowest BCUT2D eigenvalue weighted by atomic mass is 10.1. The Balaban J connectivity index is 0.000000169. The first-order chi connectivity index (χ1) is 31.0. The minimum Gasteiger partial charge on any atom is -0.486 e. The molecule has 3 aromatic carbocycles. The van der Waals surface area contributed by atoms with Gasteiger partial charge in [0.05, 0.1) is 33.0 Å². The van der Waals surface area contributed by atoms with Crippen molar-refractivity contribution in [2.45, 2.75) is 87.1 Å². The van der Waals surface area contributed by atoms with Crippen LogP contribution in [-0.4, -0.2) is 126 Å². The molecule has 0 amide bonds. The van der Waals surface area contributed by atoms with E-state index < -0.39 is 21.0 Å². The molecule has 16 heteroatoms. The summed E-state index contributed by atoms with van der Waals surface area (Å²) in [4.78, 5) is 14.0. The minimum atomic E-state index is -3.30. The molecule has 6 heterocycles. The van der Waals surface area contributed by atoms with Gasteiger partial charge >= 0.3 is 0 Å². The first kappa shape index (κ1) is 45.9. The fourth-order valence-corrected chi connectivity index (χ4v) is 10.1. The van der Waals surface area contributed by atoms with Gasteiger partial charge in [-0.1, -0.05) is 43.8 Å². The molecule has 0 spiro atoms. The second-order valence-electron chi connectivity index (χ2n) is 19.1. The molecule has 4 aliphatic rings. The van der Waals surface area contributed by atoms with Crippen molar-refractivity contribution >= 4 is 37.1 Å². The SMILES string of the molecule is C.C[C@@]1(O)CCN(CC2(Oc3ccc(-c4cnc5c(-c6cccc(S(C)(=O)=O)c6)cnn5c4)cc3)CC2)C1.C[C@@]1(O)CCN(CC2(Oc3ccc(-c4cnc5c(Br)cnn5c4)cc3)CC2)C1. The van der Waals surface area contributed by atoms with E-state index in [0.717, 1.165) is 126 Å². The van der Waals surface area contributed by atoms with Crippen LogP contribution in [0.5, 0.6) is 11.5 Å². The van der Waals surface area contributed by atoms with Gasteiger partial charge in [0.15, 0.2) is 21.1 Å². The normalized spacial score (nSPS) is 22.2. The molecule has 4 aromatic heterocycles. The summed E-state index contributed by atoms with van der Waals surface area (Å²) in [6.07, 6.45) is 18.1. The van der Waals surface area contributed by atoms with Crippen LogP contribution >= 0.6 is 15.9 Å². The number of ether oxygens (including phenoxy) is 2. The summed E-state index contributed by atoms with van der Waals surface area (Å²) in [5.74, 6) is 1.73. The van der Waals surface area contributed by atoms with Gasteiger partial charge in [-0.3, -0.25) is 9.80 Å². The summed E-state index contributed by atoms with van der Waals surface area (Å²) in [5, 5.41) is 29.2. The highest BCUT2D eigenvalue weighted by atomic mass is 79.9. The lowest BCUT2D eigenvalue weighted by molar-refractivity contribution is 0.0573. The molecular formula is C50H57BrN8O6S.